The number of carboxylic acid groups (broad SMARTS) is 1. The second-order valence-electron chi connectivity index (χ2n) is 6.12. The number of fused-ring (bicyclic) bond motifs is 2. The van der Waals surface area contributed by atoms with E-state index in [2.05, 4.69) is 0 Å². The first-order chi connectivity index (χ1) is 12.1. The summed E-state index contributed by atoms with van der Waals surface area (Å²) < 4.78 is 10.7. The standard InChI is InChI=1S/C19H17NO5/c21-17-19-24-14(16(25-19)18(22)23)11-20(17)15(12-7-3-1-4-8-12)13-9-5-2-6-10-13/h1-10,14-16,19H,11H2,(H,22,23)/t14-,16+,19+/m0/s1. The Hall–Kier alpha value is -2.70. The molecule has 1 N–H and O–H groups in total. The highest BCUT2D eigenvalue weighted by Crippen LogP contribution is 2.36. The van der Waals surface area contributed by atoms with E-state index in [-0.39, 0.29) is 18.5 Å². The van der Waals surface area contributed by atoms with Crippen molar-refractivity contribution in [3.63, 3.8) is 0 Å². The van der Waals surface area contributed by atoms with Gasteiger partial charge in [0.25, 0.3) is 5.91 Å². The SMILES string of the molecule is O=C(O)[C@@H]1O[C@H]2O[C@H]1CN(C(c1ccccc1)c1ccccc1)C2=O. The zero-order valence-electron chi connectivity index (χ0n) is 13.3. The molecule has 2 aliphatic rings. The van der Waals surface area contributed by atoms with Crippen molar-refractivity contribution >= 4 is 11.9 Å². The number of hydrogen-bond acceptors (Lipinski definition) is 4. The molecule has 6 nitrogen and oxygen atoms in total. The lowest BCUT2D eigenvalue weighted by Crippen LogP contribution is -2.50. The number of ether oxygens (including phenoxy) is 2. The van der Waals surface area contributed by atoms with Crippen LogP contribution < -0.4 is 0 Å². The van der Waals surface area contributed by atoms with E-state index in [4.69, 9.17) is 9.47 Å². The van der Waals surface area contributed by atoms with Gasteiger partial charge >= 0.3 is 5.97 Å². The van der Waals surface area contributed by atoms with Crippen LogP contribution in [0.3, 0.4) is 0 Å². The van der Waals surface area contributed by atoms with Crippen LogP contribution in [0, 0.1) is 0 Å². The Kier molecular flexibility index (Phi) is 3.99. The molecule has 2 saturated heterocycles. The highest BCUT2D eigenvalue weighted by Gasteiger charge is 2.52. The van der Waals surface area contributed by atoms with E-state index in [1.165, 1.54) is 0 Å². The number of nitrogens with zero attached hydrogens (tertiary/aromatic N) is 1. The van der Waals surface area contributed by atoms with E-state index >= 15 is 0 Å². The lowest BCUT2D eigenvalue weighted by atomic mass is 9.96. The van der Waals surface area contributed by atoms with Crippen LogP contribution in [0.25, 0.3) is 0 Å². The molecule has 0 radical (unpaired) electrons. The molecule has 0 spiro atoms. The molecule has 6 heteroatoms. The molecule has 0 aromatic heterocycles. The first kappa shape index (κ1) is 15.8. The molecule has 2 aromatic rings. The predicted octanol–water partition coefficient (Wildman–Crippen LogP) is 1.81. The molecular weight excluding hydrogens is 322 g/mol. The Morgan fingerprint density at radius 1 is 1.00 bits per heavy atom. The van der Waals surface area contributed by atoms with Crippen LogP contribution in [0.1, 0.15) is 17.2 Å². The summed E-state index contributed by atoms with van der Waals surface area (Å²) in [6, 6.07) is 19.0. The van der Waals surface area contributed by atoms with E-state index in [0.29, 0.717) is 0 Å². The molecule has 25 heavy (non-hydrogen) atoms. The van der Waals surface area contributed by atoms with E-state index in [1.54, 1.807) is 4.90 Å². The minimum Gasteiger partial charge on any atom is -0.479 e. The average molecular weight is 339 g/mol. The molecule has 0 aliphatic carbocycles. The minimum absolute atomic E-state index is 0.167. The maximum absolute atomic E-state index is 12.8. The third-order valence-corrected chi connectivity index (χ3v) is 4.55. The topological polar surface area (TPSA) is 76.1 Å². The first-order valence-corrected chi connectivity index (χ1v) is 8.09. The van der Waals surface area contributed by atoms with Crippen LogP contribution in [0.15, 0.2) is 60.7 Å². The van der Waals surface area contributed by atoms with Crippen molar-refractivity contribution in [2.75, 3.05) is 6.54 Å². The van der Waals surface area contributed by atoms with Crippen LogP contribution in [0.2, 0.25) is 0 Å². The predicted molar refractivity (Wildman–Crippen MR) is 87.6 cm³/mol. The van der Waals surface area contributed by atoms with Crippen LogP contribution in [0.4, 0.5) is 0 Å². The Labute approximate surface area is 144 Å². The van der Waals surface area contributed by atoms with Gasteiger partial charge in [0, 0.05) is 0 Å². The first-order valence-electron chi connectivity index (χ1n) is 8.09. The van der Waals surface area contributed by atoms with E-state index in [0.717, 1.165) is 11.1 Å². The van der Waals surface area contributed by atoms with Crippen molar-refractivity contribution in [1.29, 1.82) is 0 Å². The molecule has 3 atom stereocenters. The maximum atomic E-state index is 12.8. The van der Waals surface area contributed by atoms with Gasteiger partial charge in [0.05, 0.1) is 12.6 Å². The van der Waals surface area contributed by atoms with Crippen molar-refractivity contribution in [3.8, 4) is 0 Å². The molecule has 2 bridgehead atoms. The molecular formula is C19H17NO5. The third-order valence-electron chi connectivity index (χ3n) is 4.55. The summed E-state index contributed by atoms with van der Waals surface area (Å²) in [5.74, 6) is -1.46. The molecule has 0 saturated carbocycles. The molecule has 1 amide bonds. The molecule has 2 aliphatic heterocycles. The van der Waals surface area contributed by atoms with Gasteiger partial charge in [-0.3, -0.25) is 4.79 Å². The Balaban J connectivity index is 1.73. The van der Waals surface area contributed by atoms with Crippen molar-refractivity contribution in [3.05, 3.63) is 71.8 Å². The molecule has 2 fully saturated rings. The molecule has 128 valence electrons. The number of carbonyl (C=O) groups is 2. The second kappa shape index (κ2) is 6.31. The monoisotopic (exact) mass is 339 g/mol. The number of morpholine rings is 1. The van der Waals surface area contributed by atoms with E-state index < -0.39 is 24.5 Å². The summed E-state index contributed by atoms with van der Waals surface area (Å²) in [6.07, 6.45) is -2.95. The zero-order valence-corrected chi connectivity index (χ0v) is 13.3. The van der Waals surface area contributed by atoms with Gasteiger partial charge in [0.15, 0.2) is 6.10 Å². The largest absolute Gasteiger partial charge is 0.479 e. The summed E-state index contributed by atoms with van der Waals surface area (Å²) in [5, 5.41) is 9.27. The number of amides is 1. The normalized spacial score (nSPS) is 25.4. The van der Waals surface area contributed by atoms with E-state index in [1.807, 2.05) is 60.7 Å². The highest BCUT2D eigenvalue weighted by atomic mass is 16.7. The van der Waals surface area contributed by atoms with Crippen LogP contribution in [-0.2, 0) is 19.1 Å². The summed E-state index contributed by atoms with van der Waals surface area (Å²) in [5.41, 5.74) is 1.91. The van der Waals surface area contributed by atoms with Gasteiger partial charge in [-0.2, -0.15) is 0 Å². The number of hydrogen-bond donors (Lipinski definition) is 1. The quantitative estimate of drug-likeness (QED) is 0.919. The highest BCUT2D eigenvalue weighted by molar-refractivity contribution is 5.84. The van der Waals surface area contributed by atoms with E-state index in [9.17, 15) is 14.7 Å². The Morgan fingerprint density at radius 2 is 1.56 bits per heavy atom. The number of carbonyl (C=O) groups excluding carboxylic acids is 1. The van der Waals surface area contributed by atoms with Crippen LogP contribution in [-0.4, -0.2) is 46.9 Å². The third kappa shape index (κ3) is 2.79. The van der Waals surface area contributed by atoms with Crippen molar-refractivity contribution < 1.29 is 24.2 Å². The van der Waals surface area contributed by atoms with Gasteiger partial charge in [-0.15, -0.1) is 0 Å². The molecule has 2 aromatic carbocycles. The van der Waals surface area contributed by atoms with Crippen molar-refractivity contribution in [2.45, 2.75) is 24.5 Å². The van der Waals surface area contributed by atoms with Gasteiger partial charge in [0.1, 0.15) is 6.10 Å². The average Bonchev–Trinajstić information content (AvgIpc) is 3.01. The summed E-state index contributed by atoms with van der Waals surface area (Å²) in [4.78, 5) is 25.8. The second-order valence-corrected chi connectivity index (χ2v) is 6.12. The Morgan fingerprint density at radius 3 is 2.08 bits per heavy atom. The number of benzene rings is 2. The fourth-order valence-electron chi connectivity index (χ4n) is 3.43. The molecule has 2 heterocycles. The lowest BCUT2D eigenvalue weighted by Gasteiger charge is -2.37. The maximum Gasteiger partial charge on any atom is 0.335 e. The van der Waals surface area contributed by atoms with Crippen LogP contribution in [0.5, 0.6) is 0 Å². The summed E-state index contributed by atoms with van der Waals surface area (Å²) in [6.45, 7) is 0.167. The van der Waals surface area contributed by atoms with Gasteiger partial charge in [0.2, 0.25) is 6.29 Å². The van der Waals surface area contributed by atoms with Gasteiger partial charge in [-0.25, -0.2) is 4.79 Å². The molecule has 0 unspecified atom stereocenters. The minimum atomic E-state index is -1.16. The van der Waals surface area contributed by atoms with Gasteiger partial charge < -0.3 is 19.5 Å². The number of aliphatic carboxylic acids is 1. The van der Waals surface area contributed by atoms with Crippen LogP contribution >= 0.6 is 0 Å². The number of carboxylic acids is 1. The lowest BCUT2D eigenvalue weighted by molar-refractivity contribution is -0.174. The smallest absolute Gasteiger partial charge is 0.335 e. The Bertz CT molecular complexity index is 739. The van der Waals surface area contributed by atoms with Gasteiger partial charge in [-0.05, 0) is 11.1 Å². The summed E-state index contributed by atoms with van der Waals surface area (Å²) >= 11 is 0. The summed E-state index contributed by atoms with van der Waals surface area (Å²) in [7, 11) is 0. The fraction of sp³-hybridized carbons (Fsp3) is 0.263. The van der Waals surface area contributed by atoms with Gasteiger partial charge in [-0.1, -0.05) is 60.7 Å². The zero-order chi connectivity index (χ0) is 17.4. The van der Waals surface area contributed by atoms with Crippen molar-refractivity contribution in [2.24, 2.45) is 0 Å². The van der Waals surface area contributed by atoms with Crippen molar-refractivity contribution in [1.82, 2.24) is 4.90 Å². The number of rotatable bonds is 4. The fourth-order valence-corrected chi connectivity index (χ4v) is 3.43. The molecule has 4 rings (SSSR count).